The number of unbranched alkanes of at least 4 members (excludes halogenated alkanes) is 2. The molecule has 7 heteroatoms. The first-order chi connectivity index (χ1) is 10.5. The quantitative estimate of drug-likeness (QED) is 0.796. The zero-order valence-corrected chi connectivity index (χ0v) is 14.5. The van der Waals surface area contributed by atoms with Gasteiger partial charge in [-0.25, -0.2) is 0 Å². The summed E-state index contributed by atoms with van der Waals surface area (Å²) in [5.41, 5.74) is 2.89. The molecule has 0 aromatic carbocycles. The van der Waals surface area contributed by atoms with E-state index in [0.29, 0.717) is 11.6 Å². The van der Waals surface area contributed by atoms with E-state index in [1.165, 1.54) is 24.2 Å². The van der Waals surface area contributed by atoms with E-state index in [4.69, 9.17) is 0 Å². The summed E-state index contributed by atoms with van der Waals surface area (Å²) in [5, 5.41) is 16.9. The van der Waals surface area contributed by atoms with Crippen LogP contribution in [-0.4, -0.2) is 25.9 Å². The number of carbonyl (C=O) groups is 1. The van der Waals surface area contributed by atoms with Crippen molar-refractivity contribution in [2.24, 2.45) is 7.05 Å². The van der Waals surface area contributed by atoms with Gasteiger partial charge in [-0.1, -0.05) is 31.1 Å². The summed E-state index contributed by atoms with van der Waals surface area (Å²) >= 11 is 1.46. The van der Waals surface area contributed by atoms with Crippen LogP contribution in [0.4, 0.5) is 5.13 Å². The van der Waals surface area contributed by atoms with Crippen LogP contribution in [0.3, 0.4) is 0 Å². The first-order valence-corrected chi connectivity index (χ1v) is 8.44. The van der Waals surface area contributed by atoms with Crippen LogP contribution in [0.2, 0.25) is 0 Å². The molecule has 0 unspecified atom stereocenters. The fourth-order valence-electron chi connectivity index (χ4n) is 2.33. The molecule has 0 aliphatic heterocycles. The minimum absolute atomic E-state index is 0.0736. The lowest BCUT2D eigenvalue weighted by molar-refractivity contribution is -0.115. The molecule has 0 radical (unpaired) electrons. The second-order valence-corrected chi connectivity index (χ2v) is 6.52. The number of hydrogen-bond acceptors (Lipinski definition) is 5. The second kappa shape index (κ2) is 7.49. The summed E-state index contributed by atoms with van der Waals surface area (Å²) in [6.45, 7) is 6.07. The maximum absolute atomic E-state index is 12.2. The number of amides is 1. The zero-order chi connectivity index (χ0) is 16.1. The van der Waals surface area contributed by atoms with Crippen LogP contribution in [-0.2, 0) is 24.7 Å². The molecule has 1 amide bonds. The van der Waals surface area contributed by atoms with Crippen molar-refractivity contribution in [3.63, 3.8) is 0 Å². The van der Waals surface area contributed by atoms with E-state index in [1.54, 1.807) is 4.68 Å². The molecule has 0 saturated heterocycles. The van der Waals surface area contributed by atoms with Crippen molar-refractivity contribution in [3.8, 4) is 0 Å². The largest absolute Gasteiger partial charge is 0.300 e. The van der Waals surface area contributed by atoms with Crippen molar-refractivity contribution >= 4 is 22.4 Å². The van der Waals surface area contributed by atoms with E-state index >= 15 is 0 Å². The van der Waals surface area contributed by atoms with Gasteiger partial charge in [0.2, 0.25) is 11.0 Å². The van der Waals surface area contributed by atoms with Crippen molar-refractivity contribution in [2.45, 2.75) is 52.9 Å². The van der Waals surface area contributed by atoms with E-state index in [2.05, 4.69) is 27.5 Å². The van der Waals surface area contributed by atoms with Gasteiger partial charge >= 0.3 is 0 Å². The van der Waals surface area contributed by atoms with E-state index in [0.717, 1.165) is 34.8 Å². The molecule has 0 aliphatic rings. The summed E-state index contributed by atoms with van der Waals surface area (Å²) in [6, 6.07) is 0. The third kappa shape index (κ3) is 4.13. The number of aromatic nitrogens is 4. The Bertz CT molecular complexity index is 646. The molecule has 2 aromatic rings. The second-order valence-electron chi connectivity index (χ2n) is 5.46. The summed E-state index contributed by atoms with van der Waals surface area (Å²) < 4.78 is 1.80. The predicted molar refractivity (Wildman–Crippen MR) is 88.2 cm³/mol. The summed E-state index contributed by atoms with van der Waals surface area (Å²) in [7, 11) is 1.89. The minimum atomic E-state index is -0.0736. The van der Waals surface area contributed by atoms with Crippen molar-refractivity contribution in [1.82, 2.24) is 20.0 Å². The van der Waals surface area contributed by atoms with Crippen molar-refractivity contribution in [3.05, 3.63) is 22.0 Å². The number of carbonyl (C=O) groups excluding carboxylic acids is 1. The van der Waals surface area contributed by atoms with Crippen molar-refractivity contribution in [1.29, 1.82) is 0 Å². The highest BCUT2D eigenvalue weighted by atomic mass is 32.1. The Morgan fingerprint density at radius 1 is 1.27 bits per heavy atom. The molecular formula is C15H23N5OS. The summed E-state index contributed by atoms with van der Waals surface area (Å²) in [5.74, 6) is -0.0736. The lowest BCUT2D eigenvalue weighted by atomic mass is 10.1. The molecule has 0 fully saturated rings. The monoisotopic (exact) mass is 321 g/mol. The van der Waals surface area contributed by atoms with Gasteiger partial charge < -0.3 is 5.32 Å². The first kappa shape index (κ1) is 16.6. The maximum atomic E-state index is 12.2. The number of nitrogens with zero attached hydrogens (tertiary/aromatic N) is 4. The lowest BCUT2D eigenvalue weighted by Gasteiger charge is -2.02. The topological polar surface area (TPSA) is 72.7 Å². The van der Waals surface area contributed by atoms with Crippen LogP contribution in [0, 0.1) is 13.8 Å². The first-order valence-electron chi connectivity index (χ1n) is 7.62. The number of rotatable bonds is 7. The summed E-state index contributed by atoms with van der Waals surface area (Å²) in [4.78, 5) is 12.2. The Hall–Kier alpha value is -1.76. The van der Waals surface area contributed by atoms with Crippen LogP contribution in [0.25, 0.3) is 0 Å². The highest BCUT2D eigenvalue weighted by Crippen LogP contribution is 2.19. The highest BCUT2D eigenvalue weighted by Gasteiger charge is 2.15. The Morgan fingerprint density at radius 2 is 2.05 bits per heavy atom. The van der Waals surface area contributed by atoms with Crippen LogP contribution < -0.4 is 5.32 Å². The molecule has 0 aliphatic carbocycles. The molecular weight excluding hydrogens is 298 g/mol. The van der Waals surface area contributed by atoms with Gasteiger partial charge in [0.1, 0.15) is 5.01 Å². The van der Waals surface area contributed by atoms with Gasteiger partial charge in [-0.2, -0.15) is 5.10 Å². The Labute approximate surface area is 135 Å². The molecule has 0 atom stereocenters. The molecule has 2 rings (SSSR count). The smallest absolute Gasteiger partial charge is 0.230 e. The van der Waals surface area contributed by atoms with E-state index in [1.807, 2.05) is 20.9 Å². The fourth-order valence-corrected chi connectivity index (χ4v) is 3.13. The molecule has 2 heterocycles. The predicted octanol–water partition coefficient (Wildman–Crippen LogP) is 2.80. The Kier molecular flexibility index (Phi) is 5.65. The molecule has 0 saturated carbocycles. The molecule has 0 spiro atoms. The van der Waals surface area contributed by atoms with Gasteiger partial charge in [0.15, 0.2) is 0 Å². The third-order valence-electron chi connectivity index (χ3n) is 3.70. The van der Waals surface area contributed by atoms with Crippen molar-refractivity contribution < 1.29 is 4.79 Å². The molecule has 1 N–H and O–H groups in total. The van der Waals surface area contributed by atoms with Gasteiger partial charge in [0.05, 0.1) is 12.1 Å². The fraction of sp³-hybridized carbons (Fsp3) is 0.600. The standard InChI is InChI=1S/C15H23N5OS/c1-5-6-7-8-14-17-18-15(22-14)16-13(21)9-12-10(2)19-20(4)11(12)3/h5-9H2,1-4H3,(H,16,18,21). The van der Waals surface area contributed by atoms with E-state index < -0.39 is 0 Å². The molecule has 22 heavy (non-hydrogen) atoms. The van der Waals surface area contributed by atoms with Gasteiger partial charge in [-0.05, 0) is 20.3 Å². The maximum Gasteiger partial charge on any atom is 0.230 e. The molecule has 2 aromatic heterocycles. The highest BCUT2D eigenvalue weighted by molar-refractivity contribution is 7.15. The van der Waals surface area contributed by atoms with Gasteiger partial charge in [-0.3, -0.25) is 9.48 Å². The van der Waals surface area contributed by atoms with Crippen molar-refractivity contribution in [2.75, 3.05) is 5.32 Å². The molecule has 0 bridgehead atoms. The third-order valence-corrected chi connectivity index (χ3v) is 4.60. The Balaban J connectivity index is 1.92. The van der Waals surface area contributed by atoms with Crippen LogP contribution in [0.1, 0.15) is 48.1 Å². The van der Waals surface area contributed by atoms with E-state index in [-0.39, 0.29) is 5.91 Å². The summed E-state index contributed by atoms with van der Waals surface area (Å²) in [6.07, 6.45) is 4.75. The average molecular weight is 321 g/mol. The van der Waals surface area contributed by atoms with Crippen LogP contribution >= 0.6 is 11.3 Å². The number of anilines is 1. The van der Waals surface area contributed by atoms with Gasteiger partial charge in [-0.15, -0.1) is 10.2 Å². The molecule has 120 valence electrons. The number of nitrogens with one attached hydrogen (secondary N) is 1. The minimum Gasteiger partial charge on any atom is -0.300 e. The molecule has 6 nitrogen and oxygen atoms in total. The Morgan fingerprint density at radius 3 is 2.68 bits per heavy atom. The number of aryl methyl sites for hydroxylation is 3. The SMILES string of the molecule is CCCCCc1nnc(NC(=O)Cc2c(C)nn(C)c2C)s1. The van der Waals surface area contributed by atoms with Crippen LogP contribution in [0.5, 0.6) is 0 Å². The zero-order valence-electron chi connectivity index (χ0n) is 13.6. The van der Waals surface area contributed by atoms with E-state index in [9.17, 15) is 4.79 Å². The average Bonchev–Trinajstić information content (AvgIpc) is 2.99. The normalized spacial score (nSPS) is 10.9. The van der Waals surface area contributed by atoms with Gasteiger partial charge in [0, 0.05) is 24.7 Å². The number of hydrogen-bond donors (Lipinski definition) is 1. The lowest BCUT2D eigenvalue weighted by Crippen LogP contribution is -2.15. The van der Waals surface area contributed by atoms with Crippen LogP contribution in [0.15, 0.2) is 0 Å². The van der Waals surface area contributed by atoms with Gasteiger partial charge in [0.25, 0.3) is 0 Å².